The van der Waals surface area contributed by atoms with Crippen molar-refractivity contribution in [2.24, 2.45) is 11.7 Å². The zero-order valence-electron chi connectivity index (χ0n) is 15.1. The topological polar surface area (TPSA) is 105 Å². The van der Waals surface area contributed by atoms with Crippen molar-refractivity contribution < 1.29 is 14.4 Å². The predicted molar refractivity (Wildman–Crippen MR) is 102 cm³/mol. The Morgan fingerprint density at radius 3 is 2.85 bits per heavy atom. The number of imide groups is 1. The number of halogens is 1. The first-order valence-electron chi connectivity index (χ1n) is 9.27. The molecule has 4 N–H and O–H groups in total. The molecule has 4 amide bonds. The maximum Gasteiger partial charge on any atom is 0.325 e. The summed E-state index contributed by atoms with van der Waals surface area (Å²) in [7, 11) is 0. The maximum atomic E-state index is 13.0. The van der Waals surface area contributed by atoms with E-state index in [2.05, 4.69) is 10.6 Å². The van der Waals surface area contributed by atoms with E-state index in [0.717, 1.165) is 41.7 Å². The number of carbonyl (C=O) groups is 3. The van der Waals surface area contributed by atoms with Gasteiger partial charge in [-0.25, -0.2) is 4.79 Å². The number of aryl methyl sites for hydroxylation is 1. The van der Waals surface area contributed by atoms with Crippen molar-refractivity contribution in [1.82, 2.24) is 15.5 Å². The third kappa shape index (κ3) is 3.19. The Hall–Kier alpha value is -2.12. The molecule has 1 spiro atoms. The van der Waals surface area contributed by atoms with Gasteiger partial charge in [0.05, 0.1) is 0 Å². The SMILES string of the molecule is Cl.NCC1CCCC1NC(=O)CN1C(=O)NC2(CCc3ccccc32)C1=O. The van der Waals surface area contributed by atoms with E-state index < -0.39 is 11.6 Å². The predicted octanol–water partition coefficient (Wildman–Crippen LogP) is 1.05. The van der Waals surface area contributed by atoms with Crippen LogP contribution in [0.15, 0.2) is 24.3 Å². The Bertz CT molecular complexity index is 771. The minimum absolute atomic E-state index is 0. The number of hydrogen-bond acceptors (Lipinski definition) is 4. The largest absolute Gasteiger partial charge is 0.351 e. The summed E-state index contributed by atoms with van der Waals surface area (Å²) >= 11 is 0. The second kappa shape index (κ2) is 7.48. The number of nitrogens with two attached hydrogens (primary N) is 1. The van der Waals surface area contributed by atoms with Gasteiger partial charge in [0.15, 0.2) is 0 Å². The Labute approximate surface area is 164 Å². The van der Waals surface area contributed by atoms with Crippen molar-refractivity contribution in [3.8, 4) is 0 Å². The van der Waals surface area contributed by atoms with Gasteiger partial charge >= 0.3 is 6.03 Å². The number of rotatable bonds is 4. The number of fused-ring (bicyclic) bond motifs is 2. The Balaban J connectivity index is 0.00000210. The first kappa shape index (κ1) is 19.6. The van der Waals surface area contributed by atoms with Crippen molar-refractivity contribution in [1.29, 1.82) is 0 Å². The lowest BCUT2D eigenvalue weighted by Crippen LogP contribution is -2.47. The number of urea groups is 1. The molecule has 0 aromatic heterocycles. The molecule has 3 atom stereocenters. The van der Waals surface area contributed by atoms with Crippen LogP contribution in [0.3, 0.4) is 0 Å². The average molecular weight is 393 g/mol. The molecule has 3 aliphatic rings. The van der Waals surface area contributed by atoms with Crippen LogP contribution in [0.25, 0.3) is 0 Å². The summed E-state index contributed by atoms with van der Waals surface area (Å²) in [5.41, 5.74) is 6.66. The summed E-state index contributed by atoms with van der Waals surface area (Å²) in [4.78, 5) is 39.0. The second-order valence-electron chi connectivity index (χ2n) is 7.48. The van der Waals surface area contributed by atoms with Gasteiger partial charge < -0.3 is 16.4 Å². The molecule has 1 saturated heterocycles. The van der Waals surface area contributed by atoms with E-state index in [1.807, 2.05) is 24.3 Å². The number of nitrogens with zero attached hydrogens (tertiary/aromatic N) is 1. The zero-order valence-corrected chi connectivity index (χ0v) is 15.9. The lowest BCUT2D eigenvalue weighted by Gasteiger charge is -2.23. The number of nitrogens with one attached hydrogen (secondary N) is 2. The summed E-state index contributed by atoms with van der Waals surface area (Å²) in [6.07, 6.45) is 4.21. The standard InChI is InChI=1S/C19H24N4O3.ClH/c20-10-13-5-3-7-15(13)21-16(24)11-23-17(25)19(22-18(23)26)9-8-12-4-1-2-6-14(12)19;/h1-2,4,6,13,15H,3,5,7-11,20H2,(H,21,24)(H,22,26);1H. The highest BCUT2D eigenvalue weighted by Gasteiger charge is 2.55. The van der Waals surface area contributed by atoms with Crippen molar-refractivity contribution in [2.45, 2.75) is 43.7 Å². The van der Waals surface area contributed by atoms with Crippen LogP contribution in [0.4, 0.5) is 4.79 Å². The van der Waals surface area contributed by atoms with Gasteiger partial charge in [0.25, 0.3) is 5.91 Å². The lowest BCUT2D eigenvalue weighted by atomic mass is 9.92. The zero-order chi connectivity index (χ0) is 18.3. The third-order valence-electron chi connectivity index (χ3n) is 6.03. The fourth-order valence-corrected chi connectivity index (χ4v) is 4.64. The van der Waals surface area contributed by atoms with E-state index in [4.69, 9.17) is 5.73 Å². The quantitative estimate of drug-likeness (QED) is 0.666. The van der Waals surface area contributed by atoms with Crippen LogP contribution < -0.4 is 16.4 Å². The Kier molecular flexibility index (Phi) is 5.44. The molecular formula is C19H25ClN4O3. The molecule has 0 radical (unpaired) electrons. The van der Waals surface area contributed by atoms with E-state index >= 15 is 0 Å². The molecule has 3 unspecified atom stereocenters. The highest BCUT2D eigenvalue weighted by molar-refractivity contribution is 6.09. The molecular weight excluding hydrogens is 368 g/mol. The smallest absolute Gasteiger partial charge is 0.325 e. The van der Waals surface area contributed by atoms with Gasteiger partial charge in [0, 0.05) is 6.04 Å². The summed E-state index contributed by atoms with van der Waals surface area (Å²) < 4.78 is 0. The van der Waals surface area contributed by atoms with Crippen molar-refractivity contribution in [3.63, 3.8) is 0 Å². The third-order valence-corrected chi connectivity index (χ3v) is 6.03. The highest BCUT2D eigenvalue weighted by atomic mass is 35.5. The van der Waals surface area contributed by atoms with Crippen LogP contribution in [0.1, 0.15) is 36.8 Å². The van der Waals surface area contributed by atoms with Crippen molar-refractivity contribution in [2.75, 3.05) is 13.1 Å². The van der Waals surface area contributed by atoms with Gasteiger partial charge in [-0.15, -0.1) is 12.4 Å². The first-order chi connectivity index (χ1) is 12.5. The first-order valence-corrected chi connectivity index (χ1v) is 9.27. The second-order valence-corrected chi connectivity index (χ2v) is 7.48. The number of carbonyl (C=O) groups excluding carboxylic acids is 3. The molecule has 1 saturated carbocycles. The minimum Gasteiger partial charge on any atom is -0.351 e. The molecule has 1 aromatic rings. The number of amides is 4. The van der Waals surface area contributed by atoms with Crippen LogP contribution in [-0.4, -0.2) is 41.9 Å². The molecule has 27 heavy (non-hydrogen) atoms. The fourth-order valence-electron chi connectivity index (χ4n) is 4.64. The monoisotopic (exact) mass is 392 g/mol. The van der Waals surface area contributed by atoms with E-state index in [9.17, 15) is 14.4 Å². The highest BCUT2D eigenvalue weighted by Crippen LogP contribution is 2.41. The van der Waals surface area contributed by atoms with Crippen LogP contribution in [0.2, 0.25) is 0 Å². The van der Waals surface area contributed by atoms with Gasteiger partial charge in [-0.3, -0.25) is 14.5 Å². The molecule has 4 rings (SSSR count). The van der Waals surface area contributed by atoms with Crippen molar-refractivity contribution >= 4 is 30.3 Å². The summed E-state index contributed by atoms with van der Waals surface area (Å²) in [6, 6.07) is 7.20. The van der Waals surface area contributed by atoms with E-state index in [1.54, 1.807) is 0 Å². The average Bonchev–Trinajstić information content (AvgIpc) is 3.30. The van der Waals surface area contributed by atoms with Gasteiger partial charge in [-0.2, -0.15) is 0 Å². The normalized spacial score (nSPS) is 28.9. The summed E-state index contributed by atoms with van der Waals surface area (Å²) in [5.74, 6) is -0.360. The van der Waals surface area contributed by atoms with Crippen LogP contribution in [0.5, 0.6) is 0 Å². The molecule has 8 heteroatoms. The minimum atomic E-state index is -1.01. The van der Waals surface area contributed by atoms with Crippen LogP contribution in [0, 0.1) is 5.92 Å². The van der Waals surface area contributed by atoms with E-state index in [-0.39, 0.29) is 42.7 Å². The number of hydrogen-bond donors (Lipinski definition) is 3. The van der Waals surface area contributed by atoms with Gasteiger partial charge in [0.2, 0.25) is 5.91 Å². The lowest BCUT2D eigenvalue weighted by molar-refractivity contribution is -0.135. The Morgan fingerprint density at radius 2 is 2.07 bits per heavy atom. The van der Waals surface area contributed by atoms with Crippen LogP contribution in [-0.2, 0) is 21.5 Å². The molecule has 146 valence electrons. The molecule has 2 aliphatic carbocycles. The Morgan fingerprint density at radius 1 is 1.30 bits per heavy atom. The summed E-state index contributed by atoms with van der Waals surface area (Å²) in [6.45, 7) is 0.288. The molecule has 1 heterocycles. The molecule has 1 aromatic carbocycles. The van der Waals surface area contributed by atoms with Crippen LogP contribution >= 0.6 is 12.4 Å². The van der Waals surface area contributed by atoms with E-state index in [0.29, 0.717) is 13.0 Å². The van der Waals surface area contributed by atoms with Crippen molar-refractivity contribution in [3.05, 3.63) is 35.4 Å². The van der Waals surface area contributed by atoms with Gasteiger partial charge in [-0.05, 0) is 49.3 Å². The molecule has 2 fully saturated rings. The van der Waals surface area contributed by atoms with E-state index in [1.165, 1.54) is 0 Å². The maximum absolute atomic E-state index is 13.0. The number of benzene rings is 1. The van der Waals surface area contributed by atoms with Gasteiger partial charge in [-0.1, -0.05) is 30.7 Å². The summed E-state index contributed by atoms with van der Waals surface area (Å²) in [5, 5.41) is 5.79. The molecule has 0 bridgehead atoms. The fraction of sp³-hybridized carbons (Fsp3) is 0.526. The molecule has 7 nitrogen and oxygen atoms in total. The molecule has 1 aliphatic heterocycles. The van der Waals surface area contributed by atoms with Gasteiger partial charge in [0.1, 0.15) is 12.1 Å².